The van der Waals surface area contributed by atoms with E-state index in [4.69, 9.17) is 9.25 Å². The van der Waals surface area contributed by atoms with Gasteiger partial charge in [-0.3, -0.25) is 14.4 Å². The molecule has 0 bridgehead atoms. The van der Waals surface area contributed by atoms with Gasteiger partial charge < -0.3 is 14.0 Å². The molecule has 1 heterocycles. The molecule has 0 unspecified atom stereocenters. The Labute approximate surface area is 154 Å². The van der Waals surface area contributed by atoms with Crippen molar-refractivity contribution in [1.29, 1.82) is 0 Å². The first-order valence-electron chi connectivity index (χ1n) is 6.86. The molecule has 0 fully saturated rings. The second-order valence-electron chi connectivity index (χ2n) is 4.77. The lowest BCUT2D eigenvalue weighted by molar-refractivity contribution is -0.0772. The smallest absolute Gasteiger partial charge is 0.313 e. The molecule has 0 spiro atoms. The lowest BCUT2D eigenvalue weighted by Gasteiger charge is -2.12. The Kier molecular flexibility index (Phi) is 7.74. The summed E-state index contributed by atoms with van der Waals surface area (Å²) in [6, 6.07) is 3.41. The zero-order valence-corrected chi connectivity index (χ0v) is 16.6. The molecule has 0 radical (unpaired) electrons. The van der Waals surface area contributed by atoms with Gasteiger partial charge in [0.05, 0.1) is 18.4 Å². The minimum absolute atomic E-state index is 0.0600. The van der Waals surface area contributed by atoms with Gasteiger partial charge in [0, 0.05) is 30.0 Å². The Hall–Kier alpha value is -1.55. The van der Waals surface area contributed by atoms with Crippen molar-refractivity contribution in [3.63, 3.8) is 0 Å². The summed E-state index contributed by atoms with van der Waals surface area (Å²) in [7, 11) is 8.29. The van der Waals surface area contributed by atoms with Crippen LogP contribution in [0.25, 0.3) is 11.0 Å². The first kappa shape index (κ1) is 20.5. The molecule has 7 nitrogen and oxygen atoms in total. The van der Waals surface area contributed by atoms with Crippen molar-refractivity contribution in [2.24, 2.45) is 0 Å². The van der Waals surface area contributed by atoms with E-state index in [-0.39, 0.29) is 11.3 Å². The van der Waals surface area contributed by atoms with Crippen LogP contribution in [0.4, 0.5) is 5.69 Å². The number of anilines is 1. The van der Waals surface area contributed by atoms with Crippen molar-refractivity contribution in [3.05, 3.63) is 27.9 Å². The number of amides is 1. The van der Waals surface area contributed by atoms with Crippen LogP contribution in [0.5, 0.6) is 0 Å². The first-order chi connectivity index (χ1) is 11.3. The molecule has 1 amide bonds. The summed E-state index contributed by atoms with van der Waals surface area (Å²) in [6.07, 6.45) is 0.596. The summed E-state index contributed by atoms with van der Waals surface area (Å²) in [5.74, 6) is -0.595. The highest BCUT2D eigenvalue weighted by Gasteiger charge is 2.24. The number of carbonyl (C=O) groups is 2. The maximum Gasteiger partial charge on any atom is 0.313 e. The standard InChI is InChI=1S/C13H13BrN2O4S.C2H7N/c1-15(19-3)13(18)12-8(6-17)7-4-9(14)10(16(2)21)5-11(7)20-12;1-3-2/h4-6,21H,1-3H3;3H,1-2H3. The lowest BCUT2D eigenvalue weighted by atomic mass is 10.1. The van der Waals surface area contributed by atoms with Crippen molar-refractivity contribution in [3.8, 4) is 0 Å². The predicted octanol–water partition coefficient (Wildman–Crippen LogP) is 2.76. The number of halogens is 1. The van der Waals surface area contributed by atoms with Gasteiger partial charge in [0.2, 0.25) is 5.76 Å². The van der Waals surface area contributed by atoms with Crippen LogP contribution in [-0.4, -0.2) is 52.6 Å². The van der Waals surface area contributed by atoms with Crippen molar-refractivity contribution >= 4 is 57.6 Å². The monoisotopic (exact) mass is 417 g/mol. The molecule has 0 saturated heterocycles. The van der Waals surface area contributed by atoms with Crippen LogP contribution < -0.4 is 9.62 Å². The van der Waals surface area contributed by atoms with Crippen molar-refractivity contribution in [1.82, 2.24) is 10.4 Å². The van der Waals surface area contributed by atoms with Gasteiger partial charge in [0.1, 0.15) is 5.58 Å². The van der Waals surface area contributed by atoms with Crippen LogP contribution in [0, 0.1) is 0 Å². The Balaban J connectivity index is 0.000000891. The third kappa shape index (κ3) is 4.29. The molecule has 0 saturated carbocycles. The summed E-state index contributed by atoms with van der Waals surface area (Å²) >= 11 is 7.63. The van der Waals surface area contributed by atoms with E-state index in [1.54, 1.807) is 23.5 Å². The van der Waals surface area contributed by atoms with Crippen LogP contribution >= 0.6 is 28.7 Å². The highest BCUT2D eigenvalue weighted by molar-refractivity contribution is 9.10. The molecule has 0 atom stereocenters. The van der Waals surface area contributed by atoms with Gasteiger partial charge >= 0.3 is 5.91 Å². The highest BCUT2D eigenvalue weighted by Crippen LogP contribution is 2.35. The summed E-state index contributed by atoms with van der Waals surface area (Å²) in [5, 5.41) is 4.29. The van der Waals surface area contributed by atoms with Crippen molar-refractivity contribution in [2.45, 2.75) is 0 Å². The van der Waals surface area contributed by atoms with E-state index in [2.05, 4.69) is 34.1 Å². The SMILES string of the molecule is CNC.CON(C)C(=O)c1oc2cc(N(C)S)c(Br)cc2c1C=O. The number of rotatable bonds is 4. The quantitative estimate of drug-likeness (QED) is 0.452. The zero-order valence-electron chi connectivity index (χ0n) is 14.1. The minimum Gasteiger partial charge on any atom is -0.450 e. The summed E-state index contributed by atoms with van der Waals surface area (Å²) < 4.78 is 7.86. The Morgan fingerprint density at radius 1 is 1.38 bits per heavy atom. The molecule has 0 aliphatic carbocycles. The van der Waals surface area contributed by atoms with E-state index in [9.17, 15) is 9.59 Å². The van der Waals surface area contributed by atoms with Gasteiger partial charge in [-0.2, -0.15) is 0 Å². The molecule has 1 aromatic carbocycles. The molecule has 1 aromatic heterocycles. The van der Waals surface area contributed by atoms with Crippen LogP contribution in [-0.2, 0) is 4.84 Å². The molecule has 9 heteroatoms. The molecule has 24 heavy (non-hydrogen) atoms. The highest BCUT2D eigenvalue weighted by atomic mass is 79.9. The van der Waals surface area contributed by atoms with Crippen LogP contribution in [0.15, 0.2) is 21.0 Å². The lowest BCUT2D eigenvalue weighted by Crippen LogP contribution is -2.25. The number of hydrogen-bond acceptors (Lipinski definition) is 7. The number of nitrogens with one attached hydrogen (secondary N) is 1. The molecule has 0 aliphatic rings. The summed E-state index contributed by atoms with van der Waals surface area (Å²) in [4.78, 5) is 28.3. The topological polar surface area (TPSA) is 75.0 Å². The molecule has 132 valence electrons. The maximum absolute atomic E-state index is 12.1. The van der Waals surface area contributed by atoms with Gasteiger partial charge in [-0.05, 0) is 36.1 Å². The van der Waals surface area contributed by atoms with E-state index in [1.165, 1.54) is 14.2 Å². The number of aldehydes is 1. The first-order valence-corrected chi connectivity index (χ1v) is 8.06. The molecule has 1 N–H and O–H groups in total. The second kappa shape index (κ2) is 9.07. The Bertz CT molecular complexity index is 733. The number of carbonyl (C=O) groups excluding carboxylic acids is 2. The minimum atomic E-state index is -0.535. The zero-order chi connectivity index (χ0) is 18.4. The normalized spacial score (nSPS) is 10.1. The Morgan fingerprint density at radius 2 is 1.96 bits per heavy atom. The van der Waals surface area contributed by atoms with Gasteiger partial charge in [0.25, 0.3) is 0 Å². The average Bonchev–Trinajstić information content (AvgIpc) is 2.90. The molecule has 2 aromatic rings. The van der Waals surface area contributed by atoms with E-state index >= 15 is 0 Å². The molecule has 2 rings (SSSR count). The number of hydroxylamine groups is 2. The molecular formula is C15H20BrN3O4S. The number of fused-ring (bicyclic) bond motifs is 1. The van der Waals surface area contributed by atoms with E-state index in [0.717, 1.165) is 15.2 Å². The second-order valence-corrected chi connectivity index (χ2v) is 6.23. The van der Waals surface area contributed by atoms with Crippen molar-refractivity contribution < 1.29 is 18.8 Å². The fraction of sp³-hybridized carbons (Fsp3) is 0.333. The molecular weight excluding hydrogens is 398 g/mol. The number of thiol groups is 1. The number of furan rings is 1. The number of hydrogen-bond donors (Lipinski definition) is 2. The van der Waals surface area contributed by atoms with Crippen LogP contribution in [0.2, 0.25) is 0 Å². The number of nitrogens with zero attached hydrogens (tertiary/aromatic N) is 2. The van der Waals surface area contributed by atoms with E-state index in [1.807, 2.05) is 14.1 Å². The predicted molar refractivity (Wildman–Crippen MR) is 101 cm³/mol. The van der Waals surface area contributed by atoms with Crippen molar-refractivity contribution in [2.75, 3.05) is 39.6 Å². The largest absolute Gasteiger partial charge is 0.450 e. The van der Waals surface area contributed by atoms with Gasteiger partial charge in [0.15, 0.2) is 6.29 Å². The summed E-state index contributed by atoms with van der Waals surface area (Å²) in [6.45, 7) is 0. The van der Waals surface area contributed by atoms with Gasteiger partial charge in [-0.25, -0.2) is 5.06 Å². The average molecular weight is 418 g/mol. The summed E-state index contributed by atoms with van der Waals surface area (Å²) in [5.41, 5.74) is 1.35. The van der Waals surface area contributed by atoms with Crippen LogP contribution in [0.1, 0.15) is 20.9 Å². The fourth-order valence-corrected chi connectivity index (χ4v) is 2.79. The Morgan fingerprint density at radius 3 is 2.42 bits per heavy atom. The third-order valence-electron chi connectivity index (χ3n) is 3.02. The third-order valence-corrected chi connectivity index (χ3v) is 3.87. The van der Waals surface area contributed by atoms with Gasteiger partial charge in [-0.1, -0.05) is 12.8 Å². The fourth-order valence-electron chi connectivity index (χ4n) is 1.87. The number of benzene rings is 1. The molecule has 0 aliphatic heterocycles. The van der Waals surface area contributed by atoms with E-state index < -0.39 is 5.91 Å². The van der Waals surface area contributed by atoms with Crippen LogP contribution in [0.3, 0.4) is 0 Å². The van der Waals surface area contributed by atoms with E-state index in [0.29, 0.717) is 17.3 Å². The van der Waals surface area contributed by atoms with Gasteiger partial charge in [-0.15, -0.1) is 0 Å². The maximum atomic E-state index is 12.1.